The Morgan fingerprint density at radius 3 is 2.75 bits per heavy atom. The molecule has 1 heterocycles. The van der Waals surface area contributed by atoms with E-state index in [-0.39, 0.29) is 23.0 Å². The highest BCUT2D eigenvalue weighted by atomic mass is 35.5. The summed E-state index contributed by atoms with van der Waals surface area (Å²) in [6.45, 7) is 2.40. The van der Waals surface area contributed by atoms with Crippen molar-refractivity contribution in [1.82, 2.24) is 4.98 Å². The normalized spacial score (nSPS) is 10.3. The lowest BCUT2D eigenvalue weighted by molar-refractivity contribution is -0.385. The Balaban J connectivity index is 2.50. The Morgan fingerprint density at radius 1 is 1.40 bits per heavy atom. The molecule has 0 saturated carbocycles. The largest absolute Gasteiger partial charge is 0.462 e. The van der Waals surface area contributed by atoms with E-state index >= 15 is 0 Å². The molecule has 0 atom stereocenters. The van der Waals surface area contributed by atoms with Crippen LogP contribution in [0.3, 0.4) is 0 Å². The zero-order valence-electron chi connectivity index (χ0n) is 11.3. The first-order chi connectivity index (χ1) is 9.56. The minimum atomic E-state index is -0.679. The number of nitrogens with zero attached hydrogens (tertiary/aromatic N) is 2. The molecule has 0 unspecified atom stereocenters. The first-order valence-electron chi connectivity index (χ1n) is 6.53. The van der Waals surface area contributed by atoms with Crippen molar-refractivity contribution in [2.75, 3.05) is 6.61 Å². The van der Waals surface area contributed by atoms with Crippen LogP contribution >= 0.6 is 11.6 Å². The third-order valence-electron chi connectivity index (χ3n) is 2.74. The highest BCUT2D eigenvalue weighted by Gasteiger charge is 2.18. The fourth-order valence-electron chi connectivity index (χ4n) is 1.63. The maximum absolute atomic E-state index is 11.8. The molecule has 0 spiro atoms. The molecule has 0 bridgehead atoms. The van der Waals surface area contributed by atoms with Crippen molar-refractivity contribution in [3.63, 3.8) is 0 Å². The van der Waals surface area contributed by atoms with Gasteiger partial charge in [-0.2, -0.15) is 0 Å². The number of rotatable bonds is 8. The van der Waals surface area contributed by atoms with E-state index in [2.05, 4.69) is 11.9 Å². The minimum Gasteiger partial charge on any atom is -0.462 e. The van der Waals surface area contributed by atoms with Crippen molar-refractivity contribution in [3.8, 4) is 0 Å². The van der Waals surface area contributed by atoms with Gasteiger partial charge in [0.2, 0.25) is 0 Å². The van der Waals surface area contributed by atoms with Crippen LogP contribution in [-0.2, 0) is 4.74 Å². The fraction of sp³-hybridized carbons (Fsp3) is 0.538. The zero-order chi connectivity index (χ0) is 15.0. The Hall–Kier alpha value is -1.69. The van der Waals surface area contributed by atoms with Crippen molar-refractivity contribution in [2.45, 2.75) is 39.0 Å². The highest BCUT2D eigenvalue weighted by Crippen LogP contribution is 2.20. The molecule has 1 aromatic heterocycles. The monoisotopic (exact) mass is 300 g/mol. The molecule has 0 aromatic carbocycles. The number of halogens is 1. The summed E-state index contributed by atoms with van der Waals surface area (Å²) >= 11 is 5.74. The van der Waals surface area contributed by atoms with Gasteiger partial charge >= 0.3 is 5.97 Å². The Kier molecular flexibility index (Phi) is 6.93. The number of nitro groups is 1. The van der Waals surface area contributed by atoms with E-state index in [0.29, 0.717) is 0 Å². The summed E-state index contributed by atoms with van der Waals surface area (Å²) in [5, 5.41) is 10.5. The van der Waals surface area contributed by atoms with Gasteiger partial charge < -0.3 is 4.74 Å². The van der Waals surface area contributed by atoms with Gasteiger partial charge in [0.25, 0.3) is 5.69 Å². The summed E-state index contributed by atoms with van der Waals surface area (Å²) in [5.41, 5.74) is -0.362. The number of aromatic nitrogens is 1. The minimum absolute atomic E-state index is 0.0746. The summed E-state index contributed by atoms with van der Waals surface area (Å²) in [5.74, 6) is -0.679. The standard InChI is InChI=1S/C13H17ClN2O4/c1-2-3-4-5-6-7-20-13(17)11-8-10(16(18)19)9-15-12(11)14/h8-9H,2-7H2,1H3. The topological polar surface area (TPSA) is 82.3 Å². The van der Waals surface area contributed by atoms with Crippen LogP contribution in [0.2, 0.25) is 5.15 Å². The Morgan fingerprint density at radius 2 is 2.10 bits per heavy atom. The highest BCUT2D eigenvalue weighted by molar-refractivity contribution is 6.32. The molecule has 7 heteroatoms. The number of hydrogen-bond donors (Lipinski definition) is 0. The predicted molar refractivity (Wildman–Crippen MR) is 74.9 cm³/mol. The Bertz CT molecular complexity index is 479. The van der Waals surface area contributed by atoms with Gasteiger partial charge in [-0.05, 0) is 6.42 Å². The molecule has 1 aromatic rings. The molecule has 0 radical (unpaired) electrons. The van der Waals surface area contributed by atoms with Crippen LogP contribution in [0.15, 0.2) is 12.3 Å². The van der Waals surface area contributed by atoms with Crippen LogP contribution in [0.1, 0.15) is 49.4 Å². The van der Waals surface area contributed by atoms with Crippen molar-refractivity contribution in [2.24, 2.45) is 0 Å². The van der Waals surface area contributed by atoms with Crippen molar-refractivity contribution in [1.29, 1.82) is 0 Å². The van der Waals surface area contributed by atoms with Gasteiger partial charge in [-0.3, -0.25) is 10.1 Å². The second kappa shape index (κ2) is 8.47. The van der Waals surface area contributed by atoms with E-state index in [4.69, 9.17) is 16.3 Å². The summed E-state index contributed by atoms with van der Waals surface area (Å²) in [7, 11) is 0. The molecule has 0 N–H and O–H groups in total. The number of carbonyl (C=O) groups is 1. The summed E-state index contributed by atoms with van der Waals surface area (Å²) in [6.07, 6.45) is 6.17. The number of unbranched alkanes of at least 4 members (excludes halogenated alkanes) is 4. The second-order valence-electron chi connectivity index (χ2n) is 4.34. The Labute approximate surface area is 122 Å². The molecule has 6 nitrogen and oxygen atoms in total. The van der Waals surface area contributed by atoms with Crippen LogP contribution in [0.25, 0.3) is 0 Å². The zero-order valence-corrected chi connectivity index (χ0v) is 12.1. The summed E-state index contributed by atoms with van der Waals surface area (Å²) in [4.78, 5) is 25.4. The quantitative estimate of drug-likeness (QED) is 0.240. The third-order valence-corrected chi connectivity index (χ3v) is 3.04. The SMILES string of the molecule is CCCCCCCOC(=O)c1cc([N+](=O)[O-])cnc1Cl. The molecule has 20 heavy (non-hydrogen) atoms. The number of ether oxygens (including phenoxy) is 1. The van der Waals surface area contributed by atoms with E-state index in [0.717, 1.165) is 44.4 Å². The number of pyridine rings is 1. The predicted octanol–water partition coefficient (Wildman–Crippen LogP) is 3.77. The van der Waals surface area contributed by atoms with Crippen LogP contribution in [0.4, 0.5) is 5.69 Å². The van der Waals surface area contributed by atoms with Gasteiger partial charge in [-0.25, -0.2) is 9.78 Å². The van der Waals surface area contributed by atoms with Crippen LogP contribution in [0.5, 0.6) is 0 Å². The molecular formula is C13H17ClN2O4. The van der Waals surface area contributed by atoms with E-state index in [1.807, 2.05) is 0 Å². The van der Waals surface area contributed by atoms with E-state index in [1.165, 1.54) is 0 Å². The van der Waals surface area contributed by atoms with Crippen LogP contribution < -0.4 is 0 Å². The second-order valence-corrected chi connectivity index (χ2v) is 4.70. The molecule has 110 valence electrons. The van der Waals surface area contributed by atoms with Gasteiger partial charge in [0.15, 0.2) is 0 Å². The van der Waals surface area contributed by atoms with Gasteiger partial charge in [-0.15, -0.1) is 0 Å². The third kappa shape index (κ3) is 5.13. The number of hydrogen-bond acceptors (Lipinski definition) is 5. The first kappa shape index (κ1) is 16.4. The molecule has 0 aliphatic carbocycles. The number of esters is 1. The average molecular weight is 301 g/mol. The molecule has 0 aliphatic heterocycles. The lowest BCUT2D eigenvalue weighted by Gasteiger charge is -2.05. The maximum atomic E-state index is 11.8. The van der Waals surface area contributed by atoms with E-state index < -0.39 is 10.9 Å². The fourth-order valence-corrected chi connectivity index (χ4v) is 1.81. The van der Waals surface area contributed by atoms with Crippen molar-refractivity contribution in [3.05, 3.63) is 33.1 Å². The van der Waals surface area contributed by atoms with Crippen LogP contribution in [-0.4, -0.2) is 22.5 Å². The lowest BCUT2D eigenvalue weighted by Crippen LogP contribution is -2.08. The van der Waals surface area contributed by atoms with E-state index in [9.17, 15) is 14.9 Å². The van der Waals surface area contributed by atoms with E-state index in [1.54, 1.807) is 0 Å². The molecule has 0 aliphatic rings. The lowest BCUT2D eigenvalue weighted by atomic mass is 10.2. The van der Waals surface area contributed by atoms with Crippen LogP contribution in [0, 0.1) is 10.1 Å². The van der Waals surface area contributed by atoms with Crippen molar-refractivity contribution >= 4 is 23.3 Å². The number of carbonyl (C=O) groups excluding carboxylic acids is 1. The van der Waals surface area contributed by atoms with Gasteiger partial charge in [0.05, 0.1) is 11.5 Å². The van der Waals surface area contributed by atoms with Gasteiger partial charge in [0.1, 0.15) is 16.9 Å². The molecule has 1 rings (SSSR count). The molecule has 0 saturated heterocycles. The average Bonchev–Trinajstić information content (AvgIpc) is 2.42. The van der Waals surface area contributed by atoms with Gasteiger partial charge in [-0.1, -0.05) is 44.2 Å². The molecule has 0 amide bonds. The smallest absolute Gasteiger partial charge is 0.341 e. The molecule has 0 fully saturated rings. The van der Waals surface area contributed by atoms with Crippen molar-refractivity contribution < 1.29 is 14.5 Å². The summed E-state index contributed by atoms with van der Waals surface area (Å²) < 4.78 is 5.04. The molecular weight excluding hydrogens is 284 g/mol. The first-order valence-corrected chi connectivity index (χ1v) is 6.91. The maximum Gasteiger partial charge on any atom is 0.341 e. The summed E-state index contributed by atoms with van der Waals surface area (Å²) in [6, 6.07) is 1.08. The van der Waals surface area contributed by atoms with Gasteiger partial charge in [0, 0.05) is 6.07 Å².